The van der Waals surface area contributed by atoms with Crippen LogP contribution in [0.2, 0.25) is 0 Å². The number of ketones is 2. The monoisotopic (exact) mass is 331 g/mol. The van der Waals surface area contributed by atoms with Gasteiger partial charge in [0.2, 0.25) is 5.78 Å². The molecule has 1 N–H and O–H groups in total. The van der Waals surface area contributed by atoms with Crippen LogP contribution in [-0.4, -0.2) is 29.4 Å². The third-order valence-corrected chi connectivity index (χ3v) is 4.25. The molecule has 0 heterocycles. The molecule has 1 rings (SSSR count). The Morgan fingerprint density at radius 1 is 1.13 bits per heavy atom. The molecule has 0 aromatic heterocycles. The summed E-state index contributed by atoms with van der Waals surface area (Å²) in [6, 6.07) is -0.861. The van der Waals surface area contributed by atoms with E-state index in [1.54, 1.807) is 0 Å². The number of hydrogen-bond donors (Lipinski definition) is 1. The summed E-state index contributed by atoms with van der Waals surface area (Å²) >= 11 is 0. The molecule has 1 aliphatic rings. The van der Waals surface area contributed by atoms with Crippen LogP contribution >= 0.6 is 0 Å². The van der Waals surface area contributed by atoms with Crippen LogP contribution in [0.5, 0.6) is 0 Å². The van der Waals surface area contributed by atoms with E-state index in [1.165, 1.54) is 0 Å². The van der Waals surface area contributed by atoms with Crippen molar-refractivity contribution in [1.29, 1.82) is 0 Å². The minimum atomic E-state index is -4.04. The van der Waals surface area contributed by atoms with Gasteiger partial charge in [0.1, 0.15) is 0 Å². The van der Waals surface area contributed by atoms with E-state index in [9.17, 15) is 23.2 Å². The fourth-order valence-corrected chi connectivity index (χ4v) is 2.74. The van der Waals surface area contributed by atoms with E-state index in [0.29, 0.717) is 32.1 Å². The van der Waals surface area contributed by atoms with Crippen LogP contribution in [0.15, 0.2) is 0 Å². The molecule has 0 aromatic carbocycles. The van der Waals surface area contributed by atoms with Crippen molar-refractivity contribution in [2.75, 3.05) is 0 Å². The molecule has 0 aromatic rings. The zero-order chi connectivity index (χ0) is 17.3. The Labute approximate surface area is 136 Å². The summed E-state index contributed by atoms with van der Waals surface area (Å²) in [4.78, 5) is 34.6. The van der Waals surface area contributed by atoms with Crippen molar-refractivity contribution in [3.8, 4) is 0 Å². The number of unbranched alkanes of at least 4 members (excludes halogenated alkanes) is 6. The lowest BCUT2D eigenvalue weighted by molar-refractivity contribution is -0.159. The molecule has 0 bridgehead atoms. The van der Waals surface area contributed by atoms with Gasteiger partial charge in [0, 0.05) is 12.8 Å². The first kappa shape index (κ1) is 19.7. The molecule has 0 aliphatic heterocycles. The highest BCUT2D eigenvalue weighted by Gasteiger charge is 2.47. The molecule has 1 atom stereocenters. The van der Waals surface area contributed by atoms with Gasteiger partial charge in [0.05, 0.1) is 6.04 Å². The van der Waals surface area contributed by atoms with Crippen molar-refractivity contribution in [3.05, 3.63) is 0 Å². The lowest BCUT2D eigenvalue weighted by atomic mass is 10.0. The summed E-state index contributed by atoms with van der Waals surface area (Å²) in [5.74, 6) is -7.26. The van der Waals surface area contributed by atoms with Crippen molar-refractivity contribution < 1.29 is 23.2 Å². The molecule has 23 heavy (non-hydrogen) atoms. The van der Waals surface area contributed by atoms with Crippen LogP contribution in [0.3, 0.4) is 0 Å². The maximum atomic E-state index is 13.8. The molecule has 132 valence electrons. The number of rotatable bonds is 11. The van der Waals surface area contributed by atoms with E-state index < -0.39 is 23.7 Å². The second-order valence-corrected chi connectivity index (χ2v) is 6.25. The Kier molecular flexibility index (Phi) is 8.34. The lowest BCUT2D eigenvalue weighted by Crippen LogP contribution is -2.50. The molecule has 4 nitrogen and oxygen atoms in total. The maximum Gasteiger partial charge on any atom is 0.381 e. The summed E-state index contributed by atoms with van der Waals surface area (Å²) < 4.78 is 27.6. The maximum absolute atomic E-state index is 13.8. The molecule has 0 saturated heterocycles. The molecule has 0 radical (unpaired) electrons. The van der Waals surface area contributed by atoms with Gasteiger partial charge >= 0.3 is 5.92 Å². The fraction of sp³-hybridized carbons (Fsp3) is 0.824. The summed E-state index contributed by atoms with van der Waals surface area (Å²) in [7, 11) is 0. The van der Waals surface area contributed by atoms with Gasteiger partial charge < -0.3 is 5.32 Å². The van der Waals surface area contributed by atoms with Crippen LogP contribution in [0.4, 0.5) is 8.78 Å². The molecule has 1 saturated carbocycles. The Morgan fingerprint density at radius 3 is 2.30 bits per heavy atom. The Balaban J connectivity index is 2.29. The number of carbonyl (C=O) groups excluding carboxylic acids is 3. The van der Waals surface area contributed by atoms with Gasteiger partial charge in [-0.15, -0.1) is 0 Å². The molecule has 1 amide bonds. The van der Waals surface area contributed by atoms with Crippen molar-refractivity contribution in [2.24, 2.45) is 0 Å². The molecule has 1 unspecified atom stereocenters. The van der Waals surface area contributed by atoms with Gasteiger partial charge in [-0.2, -0.15) is 8.78 Å². The average molecular weight is 331 g/mol. The van der Waals surface area contributed by atoms with Gasteiger partial charge in [0.25, 0.3) is 5.91 Å². The third-order valence-electron chi connectivity index (χ3n) is 4.25. The summed E-state index contributed by atoms with van der Waals surface area (Å²) in [6.07, 6.45) is 7.43. The molecular weight excluding hydrogens is 304 g/mol. The van der Waals surface area contributed by atoms with Gasteiger partial charge in [-0.25, -0.2) is 0 Å². The van der Waals surface area contributed by atoms with E-state index >= 15 is 0 Å². The van der Waals surface area contributed by atoms with Crippen LogP contribution in [0, 0.1) is 0 Å². The van der Waals surface area contributed by atoms with Gasteiger partial charge in [-0.05, 0) is 19.3 Å². The first-order valence-corrected chi connectivity index (χ1v) is 8.64. The fourth-order valence-electron chi connectivity index (χ4n) is 2.74. The van der Waals surface area contributed by atoms with Crippen LogP contribution < -0.4 is 5.32 Å². The molecule has 1 fully saturated rings. The van der Waals surface area contributed by atoms with Crippen molar-refractivity contribution in [2.45, 2.75) is 89.5 Å². The molecular formula is C17H27F2NO3. The predicted molar refractivity (Wildman–Crippen MR) is 83.4 cm³/mol. The highest BCUT2D eigenvalue weighted by Crippen LogP contribution is 2.22. The molecule has 0 spiro atoms. The largest absolute Gasteiger partial charge is 0.381 e. The van der Waals surface area contributed by atoms with Crippen LogP contribution in [-0.2, 0) is 14.4 Å². The second-order valence-electron chi connectivity index (χ2n) is 6.25. The smallest absolute Gasteiger partial charge is 0.341 e. The molecule has 1 aliphatic carbocycles. The number of carbonyl (C=O) groups is 3. The predicted octanol–water partition coefficient (Wildman–Crippen LogP) is 3.57. The Hall–Kier alpha value is -1.33. The van der Waals surface area contributed by atoms with E-state index in [-0.39, 0.29) is 12.2 Å². The molecule has 6 heteroatoms. The van der Waals surface area contributed by atoms with Gasteiger partial charge in [0.15, 0.2) is 5.78 Å². The zero-order valence-corrected chi connectivity index (χ0v) is 13.8. The van der Waals surface area contributed by atoms with Gasteiger partial charge in [-0.3, -0.25) is 14.4 Å². The van der Waals surface area contributed by atoms with E-state index in [4.69, 9.17) is 0 Å². The second kappa shape index (κ2) is 9.73. The normalized spacial score (nSPS) is 18.2. The summed E-state index contributed by atoms with van der Waals surface area (Å²) in [5.41, 5.74) is 0. The standard InChI is InChI=1S/C17H27F2NO3/c1-2-3-4-5-6-7-8-12-15(22)17(18,19)16(23)20-13-10-9-11-14(13)21/h13H,2-12H2,1H3,(H,20,23). The quantitative estimate of drug-likeness (QED) is 0.465. The minimum Gasteiger partial charge on any atom is -0.341 e. The summed E-state index contributed by atoms with van der Waals surface area (Å²) in [6.45, 7) is 2.12. The van der Waals surface area contributed by atoms with Crippen LogP contribution in [0.1, 0.15) is 77.6 Å². The SMILES string of the molecule is CCCCCCCCCC(=O)C(F)(F)C(=O)NC1CCCC1=O. The topological polar surface area (TPSA) is 63.2 Å². The number of amides is 1. The highest BCUT2D eigenvalue weighted by molar-refractivity contribution is 6.08. The first-order valence-electron chi connectivity index (χ1n) is 8.64. The highest BCUT2D eigenvalue weighted by atomic mass is 19.3. The Morgan fingerprint density at radius 2 is 1.74 bits per heavy atom. The zero-order valence-electron chi connectivity index (χ0n) is 13.8. The summed E-state index contributed by atoms with van der Waals surface area (Å²) in [5, 5.41) is 2.02. The third kappa shape index (κ3) is 6.36. The van der Waals surface area contributed by atoms with Gasteiger partial charge in [-0.1, -0.05) is 45.4 Å². The van der Waals surface area contributed by atoms with Crippen LogP contribution in [0.25, 0.3) is 0 Å². The number of Topliss-reactive ketones (excluding diaryl/α,β-unsaturated/α-hetero) is 2. The van der Waals surface area contributed by atoms with E-state index in [0.717, 1.165) is 32.1 Å². The van der Waals surface area contributed by atoms with Crippen molar-refractivity contribution >= 4 is 17.5 Å². The van der Waals surface area contributed by atoms with Crippen molar-refractivity contribution in [3.63, 3.8) is 0 Å². The minimum absolute atomic E-state index is 0.242. The van der Waals surface area contributed by atoms with Crippen molar-refractivity contribution in [1.82, 2.24) is 5.32 Å². The lowest BCUT2D eigenvalue weighted by Gasteiger charge is -2.17. The number of alkyl halides is 2. The Bertz CT molecular complexity index is 424. The number of nitrogens with one attached hydrogen (secondary N) is 1. The van der Waals surface area contributed by atoms with E-state index in [1.807, 2.05) is 5.32 Å². The first-order chi connectivity index (χ1) is 10.9. The van der Waals surface area contributed by atoms with E-state index in [2.05, 4.69) is 6.92 Å². The number of halogens is 2. The number of hydrogen-bond acceptors (Lipinski definition) is 3. The average Bonchev–Trinajstić information content (AvgIpc) is 2.91.